The molecule has 0 bridgehead atoms. The van der Waals surface area contributed by atoms with E-state index in [-0.39, 0.29) is 5.92 Å². The highest BCUT2D eigenvalue weighted by Crippen LogP contribution is 2.49. The lowest BCUT2D eigenvalue weighted by atomic mass is 9.84. The standard InChI is InChI=1S/C27H18ClN7O/c1-16-21-22(17-7-3-2-4-8-17)23-25-31-24(20-9-5-6-14-29-20)33-34(25)15-30-26(23)36-27(21)35(32-16)19-12-10-18(28)11-13-19/h2-15,22H,1H3/t22-/m1/s1. The van der Waals surface area contributed by atoms with Gasteiger partial charge in [0.15, 0.2) is 5.65 Å². The average molecular weight is 492 g/mol. The first-order chi connectivity index (χ1) is 17.7. The molecule has 1 atom stereocenters. The van der Waals surface area contributed by atoms with Gasteiger partial charge in [-0.3, -0.25) is 4.98 Å². The van der Waals surface area contributed by atoms with E-state index in [0.717, 1.165) is 28.1 Å². The zero-order chi connectivity index (χ0) is 24.2. The molecule has 9 heteroatoms. The Morgan fingerprint density at radius 3 is 2.44 bits per heavy atom. The Hall–Kier alpha value is -4.56. The summed E-state index contributed by atoms with van der Waals surface area (Å²) in [5.41, 5.74) is 5.94. The van der Waals surface area contributed by atoms with Crippen LogP contribution in [0.15, 0.2) is 85.3 Å². The summed E-state index contributed by atoms with van der Waals surface area (Å²) in [5, 5.41) is 10.2. The largest absolute Gasteiger partial charge is 0.420 e. The van der Waals surface area contributed by atoms with E-state index in [1.807, 2.05) is 67.6 Å². The van der Waals surface area contributed by atoms with E-state index in [0.29, 0.717) is 33.9 Å². The molecule has 4 aromatic heterocycles. The number of hydrogen-bond acceptors (Lipinski definition) is 6. The summed E-state index contributed by atoms with van der Waals surface area (Å²) in [6.45, 7) is 1.99. The van der Waals surface area contributed by atoms with Crippen molar-refractivity contribution in [1.29, 1.82) is 0 Å². The second-order valence-corrected chi connectivity index (χ2v) is 8.96. The highest BCUT2D eigenvalue weighted by molar-refractivity contribution is 6.30. The second kappa shape index (κ2) is 8.00. The molecule has 7 rings (SSSR count). The van der Waals surface area contributed by atoms with E-state index in [2.05, 4.69) is 27.2 Å². The molecule has 174 valence electrons. The highest BCUT2D eigenvalue weighted by Gasteiger charge is 2.38. The van der Waals surface area contributed by atoms with E-state index in [1.54, 1.807) is 21.7 Å². The third-order valence-corrected chi connectivity index (χ3v) is 6.57. The molecule has 0 fully saturated rings. The number of aromatic nitrogens is 7. The van der Waals surface area contributed by atoms with Gasteiger partial charge in [0.2, 0.25) is 17.6 Å². The van der Waals surface area contributed by atoms with Gasteiger partial charge in [0.05, 0.1) is 28.4 Å². The van der Waals surface area contributed by atoms with Crippen LogP contribution in [0.25, 0.3) is 22.9 Å². The molecule has 2 aromatic carbocycles. The second-order valence-electron chi connectivity index (χ2n) is 8.52. The van der Waals surface area contributed by atoms with Crippen LogP contribution in [0.1, 0.15) is 28.3 Å². The number of benzene rings is 2. The Bertz CT molecular complexity index is 1730. The number of aryl methyl sites for hydroxylation is 1. The van der Waals surface area contributed by atoms with Gasteiger partial charge in [0.1, 0.15) is 12.0 Å². The molecular weight excluding hydrogens is 474 g/mol. The summed E-state index contributed by atoms with van der Waals surface area (Å²) >= 11 is 6.13. The van der Waals surface area contributed by atoms with E-state index in [1.165, 1.54) is 0 Å². The minimum absolute atomic E-state index is 0.206. The molecule has 1 aliphatic rings. The molecule has 0 amide bonds. The zero-order valence-electron chi connectivity index (χ0n) is 19.1. The van der Waals surface area contributed by atoms with E-state index < -0.39 is 0 Å². The van der Waals surface area contributed by atoms with Crippen LogP contribution in [0.3, 0.4) is 0 Å². The van der Waals surface area contributed by atoms with Crippen molar-refractivity contribution in [3.63, 3.8) is 0 Å². The van der Waals surface area contributed by atoms with Crippen molar-refractivity contribution in [1.82, 2.24) is 34.3 Å². The number of nitrogens with zero attached hydrogens (tertiary/aromatic N) is 7. The molecule has 36 heavy (non-hydrogen) atoms. The predicted octanol–water partition coefficient (Wildman–Crippen LogP) is 5.62. The summed E-state index contributed by atoms with van der Waals surface area (Å²) in [6, 6.07) is 23.4. The van der Waals surface area contributed by atoms with Crippen LogP contribution in [0, 0.1) is 6.92 Å². The maximum Gasteiger partial charge on any atom is 0.230 e. The molecule has 8 nitrogen and oxygen atoms in total. The van der Waals surface area contributed by atoms with Crippen LogP contribution >= 0.6 is 11.6 Å². The van der Waals surface area contributed by atoms with Crippen molar-refractivity contribution < 1.29 is 4.74 Å². The first kappa shape index (κ1) is 20.8. The minimum Gasteiger partial charge on any atom is -0.420 e. The fourth-order valence-corrected chi connectivity index (χ4v) is 4.84. The van der Waals surface area contributed by atoms with Gasteiger partial charge in [0.25, 0.3) is 0 Å². The van der Waals surface area contributed by atoms with Gasteiger partial charge < -0.3 is 4.74 Å². The minimum atomic E-state index is -0.206. The quantitative estimate of drug-likeness (QED) is 0.319. The summed E-state index contributed by atoms with van der Waals surface area (Å²) in [5.74, 6) is 1.41. The molecule has 0 N–H and O–H groups in total. The van der Waals surface area contributed by atoms with Gasteiger partial charge >= 0.3 is 0 Å². The Morgan fingerprint density at radius 1 is 0.861 bits per heavy atom. The maximum atomic E-state index is 6.45. The first-order valence-corrected chi connectivity index (χ1v) is 11.8. The maximum absolute atomic E-state index is 6.45. The Morgan fingerprint density at radius 2 is 1.67 bits per heavy atom. The molecule has 0 unspecified atom stereocenters. The van der Waals surface area contributed by atoms with Gasteiger partial charge in [-0.2, -0.15) is 5.10 Å². The van der Waals surface area contributed by atoms with Crippen LogP contribution in [0.4, 0.5) is 0 Å². The summed E-state index contributed by atoms with van der Waals surface area (Å²) in [4.78, 5) is 13.9. The van der Waals surface area contributed by atoms with Crippen LogP contribution < -0.4 is 4.74 Å². The smallest absolute Gasteiger partial charge is 0.230 e. The van der Waals surface area contributed by atoms with Gasteiger partial charge in [-0.1, -0.05) is 48.0 Å². The predicted molar refractivity (Wildman–Crippen MR) is 135 cm³/mol. The number of hydrogen-bond donors (Lipinski definition) is 0. The number of pyridine rings is 1. The molecular formula is C27H18ClN7O. The average Bonchev–Trinajstić information content (AvgIpc) is 3.50. The summed E-state index contributed by atoms with van der Waals surface area (Å²) < 4.78 is 9.94. The fourth-order valence-electron chi connectivity index (χ4n) is 4.72. The number of rotatable bonds is 3. The number of ether oxygens (including phenoxy) is 1. The topological polar surface area (TPSA) is 83.0 Å². The van der Waals surface area contributed by atoms with Gasteiger partial charge in [-0.15, -0.1) is 5.10 Å². The van der Waals surface area contributed by atoms with Gasteiger partial charge in [-0.25, -0.2) is 19.2 Å². The van der Waals surface area contributed by atoms with Crippen LogP contribution in [-0.2, 0) is 0 Å². The van der Waals surface area contributed by atoms with Crippen molar-refractivity contribution in [3.8, 4) is 29.0 Å². The SMILES string of the molecule is Cc1nn(-c2ccc(Cl)cc2)c2c1[C@@H](c1ccccc1)c1c(ncn3nc(-c4ccccn4)nc13)O2. The lowest BCUT2D eigenvalue weighted by Crippen LogP contribution is -2.16. The molecule has 6 aromatic rings. The van der Waals surface area contributed by atoms with Gasteiger partial charge in [-0.05, 0) is 48.9 Å². The third-order valence-electron chi connectivity index (χ3n) is 6.32. The first-order valence-electron chi connectivity index (χ1n) is 11.4. The van der Waals surface area contributed by atoms with Crippen molar-refractivity contribution in [2.24, 2.45) is 0 Å². The molecule has 0 saturated heterocycles. The molecule has 0 spiro atoms. The molecule has 1 aliphatic heterocycles. The lowest BCUT2D eigenvalue weighted by molar-refractivity contribution is 0.402. The Labute approximate surface area is 210 Å². The monoisotopic (exact) mass is 491 g/mol. The van der Waals surface area contributed by atoms with Crippen LogP contribution in [0.2, 0.25) is 5.02 Å². The molecule has 0 radical (unpaired) electrons. The highest BCUT2D eigenvalue weighted by atomic mass is 35.5. The van der Waals surface area contributed by atoms with Crippen molar-refractivity contribution in [3.05, 3.63) is 113 Å². The molecule has 0 aliphatic carbocycles. The fraction of sp³-hybridized carbons (Fsp3) is 0.0741. The normalized spacial score (nSPS) is 14.3. The Balaban J connectivity index is 1.48. The van der Waals surface area contributed by atoms with Gasteiger partial charge in [0, 0.05) is 11.2 Å². The van der Waals surface area contributed by atoms with E-state index in [9.17, 15) is 0 Å². The molecule has 0 saturated carbocycles. The number of fused-ring (bicyclic) bond motifs is 4. The van der Waals surface area contributed by atoms with Crippen LogP contribution in [-0.4, -0.2) is 34.3 Å². The van der Waals surface area contributed by atoms with Crippen molar-refractivity contribution in [2.75, 3.05) is 0 Å². The molecule has 5 heterocycles. The number of halogens is 1. The summed E-state index contributed by atoms with van der Waals surface area (Å²) in [6.07, 6.45) is 3.35. The third kappa shape index (κ3) is 3.19. The van der Waals surface area contributed by atoms with Crippen molar-refractivity contribution >= 4 is 17.2 Å². The lowest BCUT2D eigenvalue weighted by Gasteiger charge is -2.26. The summed E-state index contributed by atoms with van der Waals surface area (Å²) in [7, 11) is 0. The Kier molecular flexibility index (Phi) is 4.62. The van der Waals surface area contributed by atoms with E-state index in [4.69, 9.17) is 26.4 Å². The zero-order valence-corrected chi connectivity index (χ0v) is 19.8. The van der Waals surface area contributed by atoms with E-state index >= 15 is 0 Å². The van der Waals surface area contributed by atoms with Crippen LogP contribution in [0.5, 0.6) is 11.8 Å². The van der Waals surface area contributed by atoms with Crippen molar-refractivity contribution in [2.45, 2.75) is 12.8 Å².